The van der Waals surface area contributed by atoms with Crippen molar-refractivity contribution in [3.63, 3.8) is 0 Å². The van der Waals surface area contributed by atoms with E-state index in [1.54, 1.807) is 0 Å². The van der Waals surface area contributed by atoms with Crippen LogP contribution in [0.1, 0.15) is 84.5 Å². The Morgan fingerprint density at radius 3 is 2.00 bits per heavy atom. The molecule has 0 saturated heterocycles. The van der Waals surface area contributed by atoms with Crippen molar-refractivity contribution in [1.29, 1.82) is 0 Å². The lowest BCUT2D eigenvalue weighted by atomic mass is 9.88. The Labute approximate surface area is 178 Å². The van der Waals surface area contributed by atoms with E-state index in [1.807, 2.05) is 25.1 Å². The lowest BCUT2D eigenvalue weighted by molar-refractivity contribution is -0.143. The molecule has 0 saturated carbocycles. The molecule has 0 aliphatic rings. The normalized spacial score (nSPS) is 13.3. The van der Waals surface area contributed by atoms with Crippen LogP contribution in [0.5, 0.6) is 0 Å². The van der Waals surface area contributed by atoms with E-state index >= 15 is 0 Å². The second-order valence-electron chi connectivity index (χ2n) is 7.69. The highest BCUT2D eigenvalue weighted by Crippen LogP contribution is 2.37. The molecule has 0 aliphatic heterocycles. The molecule has 0 heterocycles. The number of ketones is 1. The lowest BCUT2D eigenvalue weighted by Crippen LogP contribution is -2.13. The largest absolute Gasteiger partial charge is 0.416 e. The Morgan fingerprint density at radius 2 is 1.48 bits per heavy atom. The minimum Gasteiger partial charge on any atom is -0.294 e. The molecule has 0 aromatic heterocycles. The molecule has 0 N–H and O–H groups in total. The third kappa shape index (κ3) is 7.11. The van der Waals surface area contributed by atoms with Gasteiger partial charge in [-0.2, -0.15) is 26.3 Å². The van der Waals surface area contributed by atoms with Crippen LogP contribution in [-0.4, -0.2) is 5.78 Å². The van der Waals surface area contributed by atoms with Crippen molar-refractivity contribution in [3.05, 3.63) is 70.3 Å². The van der Waals surface area contributed by atoms with Gasteiger partial charge in [-0.25, -0.2) is 0 Å². The monoisotopic (exact) mass is 444 g/mol. The van der Waals surface area contributed by atoms with Crippen molar-refractivity contribution in [2.24, 2.45) is 0 Å². The quantitative estimate of drug-likeness (QED) is 0.281. The lowest BCUT2D eigenvalue weighted by Gasteiger charge is -2.18. The molecule has 2 rings (SSSR count). The number of hydrogen-bond acceptors (Lipinski definition) is 1. The summed E-state index contributed by atoms with van der Waals surface area (Å²) < 4.78 is 78.1. The second kappa shape index (κ2) is 10.3. The van der Waals surface area contributed by atoms with Crippen LogP contribution in [0.25, 0.3) is 0 Å². The Bertz CT molecular complexity index is 850. The molecule has 0 bridgehead atoms. The van der Waals surface area contributed by atoms with E-state index in [2.05, 4.69) is 13.0 Å². The van der Waals surface area contributed by atoms with Crippen LogP contribution < -0.4 is 0 Å². The third-order valence-electron chi connectivity index (χ3n) is 5.33. The van der Waals surface area contributed by atoms with E-state index in [0.717, 1.165) is 24.8 Å². The van der Waals surface area contributed by atoms with Gasteiger partial charge in [-0.15, -0.1) is 0 Å². The zero-order valence-corrected chi connectivity index (χ0v) is 17.5. The molecule has 0 amide bonds. The smallest absolute Gasteiger partial charge is 0.294 e. The molecule has 2 aromatic rings. The molecule has 1 unspecified atom stereocenters. The van der Waals surface area contributed by atoms with Gasteiger partial charge in [0, 0.05) is 12.0 Å². The van der Waals surface area contributed by atoms with Gasteiger partial charge in [0.25, 0.3) is 0 Å². The highest BCUT2D eigenvalue weighted by Gasteiger charge is 2.37. The van der Waals surface area contributed by atoms with E-state index in [-0.39, 0.29) is 18.4 Å². The molecule has 1 atom stereocenters. The summed E-state index contributed by atoms with van der Waals surface area (Å²) in [6, 6.07) is 9.19. The maximum absolute atomic E-state index is 13.0. The zero-order chi connectivity index (χ0) is 23.2. The summed E-state index contributed by atoms with van der Waals surface area (Å²) in [6.45, 7) is 4.10. The van der Waals surface area contributed by atoms with Gasteiger partial charge in [-0.3, -0.25) is 4.79 Å². The first-order chi connectivity index (χ1) is 14.5. The maximum Gasteiger partial charge on any atom is 0.416 e. The van der Waals surface area contributed by atoms with E-state index in [0.29, 0.717) is 25.0 Å². The Balaban J connectivity index is 2.15. The maximum atomic E-state index is 13.0. The number of Topliss-reactive ketones (excluding diaryl/α,β-unsaturated/α-hetero) is 1. The van der Waals surface area contributed by atoms with E-state index in [1.165, 1.54) is 5.56 Å². The summed E-state index contributed by atoms with van der Waals surface area (Å²) in [6.07, 6.45) is -6.30. The van der Waals surface area contributed by atoms with Gasteiger partial charge in [-0.1, -0.05) is 44.5 Å². The second-order valence-corrected chi connectivity index (χ2v) is 7.69. The molecule has 31 heavy (non-hydrogen) atoms. The van der Waals surface area contributed by atoms with Crippen molar-refractivity contribution in [2.45, 2.75) is 70.6 Å². The molecule has 0 spiro atoms. The minimum absolute atomic E-state index is 0.0365. The molecular formula is C24H26F6O. The molecule has 170 valence electrons. The number of benzene rings is 2. The van der Waals surface area contributed by atoms with Crippen LogP contribution >= 0.6 is 0 Å². The zero-order valence-electron chi connectivity index (χ0n) is 17.5. The molecule has 1 nitrogen and oxygen atoms in total. The van der Waals surface area contributed by atoms with E-state index in [4.69, 9.17) is 0 Å². The van der Waals surface area contributed by atoms with Crippen molar-refractivity contribution in [2.75, 3.05) is 0 Å². The van der Waals surface area contributed by atoms with Crippen LogP contribution in [0.4, 0.5) is 26.3 Å². The summed E-state index contributed by atoms with van der Waals surface area (Å²) >= 11 is 0. The summed E-state index contributed by atoms with van der Waals surface area (Å²) in [5.74, 6) is -0.522. The number of halogens is 6. The number of carbonyl (C=O) groups is 1. The van der Waals surface area contributed by atoms with Gasteiger partial charge in [-0.05, 0) is 60.9 Å². The van der Waals surface area contributed by atoms with Crippen molar-refractivity contribution in [3.8, 4) is 0 Å². The van der Waals surface area contributed by atoms with Crippen LogP contribution in [0.2, 0.25) is 0 Å². The van der Waals surface area contributed by atoms with E-state index < -0.39 is 34.8 Å². The molecule has 0 radical (unpaired) electrons. The summed E-state index contributed by atoms with van der Waals surface area (Å²) in [4.78, 5) is 12.4. The van der Waals surface area contributed by atoms with Crippen molar-refractivity contribution < 1.29 is 31.1 Å². The highest BCUT2D eigenvalue weighted by atomic mass is 19.4. The minimum atomic E-state index is -4.97. The molecule has 0 fully saturated rings. The molecular weight excluding hydrogens is 418 g/mol. The predicted octanol–water partition coefficient (Wildman–Crippen LogP) is 8.22. The van der Waals surface area contributed by atoms with Gasteiger partial charge >= 0.3 is 12.4 Å². The van der Waals surface area contributed by atoms with Gasteiger partial charge in [0.1, 0.15) is 0 Å². The summed E-state index contributed by atoms with van der Waals surface area (Å²) in [5.41, 5.74) is -1.15. The van der Waals surface area contributed by atoms with Gasteiger partial charge in [0.05, 0.1) is 11.1 Å². The average molecular weight is 444 g/mol. The van der Waals surface area contributed by atoms with Gasteiger partial charge in [0.15, 0.2) is 5.78 Å². The predicted molar refractivity (Wildman–Crippen MR) is 108 cm³/mol. The standard InChI is InChI=1S/C24H26F6O/c1-3-7-17(18-10-5-8-16(4-2)12-18)9-6-11-22(31)19-13-20(23(25,26)27)15-21(14-19)24(28,29)30/h5,8,10,12-15,17H,3-4,6-7,9,11H2,1-2H3. The average Bonchev–Trinajstić information content (AvgIpc) is 2.71. The number of rotatable bonds is 9. The van der Waals surface area contributed by atoms with Gasteiger partial charge < -0.3 is 0 Å². The summed E-state index contributed by atoms with van der Waals surface area (Å²) in [7, 11) is 0. The van der Waals surface area contributed by atoms with E-state index in [9.17, 15) is 31.1 Å². The first-order valence-corrected chi connectivity index (χ1v) is 10.4. The number of hydrogen-bond donors (Lipinski definition) is 0. The number of carbonyl (C=O) groups excluding carboxylic acids is 1. The molecule has 0 aliphatic carbocycles. The Kier molecular flexibility index (Phi) is 8.32. The van der Waals surface area contributed by atoms with Crippen molar-refractivity contribution in [1.82, 2.24) is 0 Å². The fraction of sp³-hybridized carbons (Fsp3) is 0.458. The first-order valence-electron chi connectivity index (χ1n) is 10.4. The van der Waals surface area contributed by atoms with Crippen LogP contribution in [-0.2, 0) is 18.8 Å². The third-order valence-corrected chi connectivity index (χ3v) is 5.33. The van der Waals surface area contributed by atoms with Gasteiger partial charge in [0.2, 0.25) is 0 Å². The summed E-state index contributed by atoms with van der Waals surface area (Å²) in [5, 5.41) is 0. The molecule has 2 aromatic carbocycles. The Morgan fingerprint density at radius 1 is 0.871 bits per heavy atom. The van der Waals surface area contributed by atoms with Crippen molar-refractivity contribution >= 4 is 5.78 Å². The van der Waals surface area contributed by atoms with Crippen LogP contribution in [0.15, 0.2) is 42.5 Å². The van der Waals surface area contributed by atoms with Crippen LogP contribution in [0.3, 0.4) is 0 Å². The fourth-order valence-corrected chi connectivity index (χ4v) is 3.66. The number of alkyl halides is 6. The van der Waals surface area contributed by atoms with Crippen LogP contribution in [0, 0.1) is 0 Å². The fourth-order valence-electron chi connectivity index (χ4n) is 3.66. The number of aryl methyl sites for hydroxylation is 1. The topological polar surface area (TPSA) is 17.1 Å². The molecule has 7 heteroatoms. The SMILES string of the molecule is CCCC(CCCC(=O)c1cc(C(F)(F)F)cc(C(F)(F)F)c1)c1cccc(CC)c1. The first kappa shape index (κ1) is 25.0. The Hall–Kier alpha value is -2.31. The highest BCUT2D eigenvalue weighted by molar-refractivity contribution is 5.96.